The average molecular weight is 375 g/mol. The zero-order valence-electron chi connectivity index (χ0n) is 15.4. The van der Waals surface area contributed by atoms with Crippen LogP contribution in [0.2, 0.25) is 0 Å². The number of amides is 1. The Hall–Kier alpha value is -2.67. The van der Waals surface area contributed by atoms with Crippen LogP contribution in [0.5, 0.6) is 5.75 Å². The van der Waals surface area contributed by atoms with Gasteiger partial charge in [-0.15, -0.1) is 0 Å². The molecule has 0 radical (unpaired) electrons. The number of benzene rings is 2. The second kappa shape index (κ2) is 8.35. The molecule has 1 heterocycles. The number of rotatable bonds is 5. The van der Waals surface area contributed by atoms with Crippen LogP contribution in [0.3, 0.4) is 0 Å². The Bertz CT molecular complexity index is 790. The summed E-state index contributed by atoms with van der Waals surface area (Å²) in [6, 6.07) is 10.4. The molecule has 144 valence electrons. The summed E-state index contributed by atoms with van der Waals surface area (Å²) in [7, 11) is 1.63. The minimum atomic E-state index is -0.652. The highest BCUT2D eigenvalue weighted by atomic mass is 19.1. The van der Waals surface area contributed by atoms with E-state index in [1.54, 1.807) is 14.0 Å². The van der Waals surface area contributed by atoms with Gasteiger partial charge in [-0.05, 0) is 43.3 Å². The smallest absolute Gasteiger partial charge is 0.241 e. The van der Waals surface area contributed by atoms with Gasteiger partial charge in [0.15, 0.2) is 0 Å². The second-order valence-corrected chi connectivity index (χ2v) is 6.51. The van der Waals surface area contributed by atoms with E-state index in [0.717, 1.165) is 42.7 Å². The van der Waals surface area contributed by atoms with Gasteiger partial charge in [-0.2, -0.15) is 0 Å². The van der Waals surface area contributed by atoms with E-state index in [0.29, 0.717) is 13.1 Å². The maximum atomic E-state index is 13.7. The lowest BCUT2D eigenvalue weighted by Gasteiger charge is -2.38. The molecule has 0 bridgehead atoms. The number of halogens is 2. The molecule has 0 saturated carbocycles. The Morgan fingerprint density at radius 1 is 1.07 bits per heavy atom. The van der Waals surface area contributed by atoms with E-state index in [-0.39, 0.29) is 11.6 Å². The summed E-state index contributed by atoms with van der Waals surface area (Å²) in [5.41, 5.74) is 0.970. The van der Waals surface area contributed by atoms with E-state index >= 15 is 0 Å². The van der Waals surface area contributed by atoms with Gasteiger partial charge in [0, 0.05) is 37.9 Å². The molecule has 1 fully saturated rings. The van der Waals surface area contributed by atoms with Crippen molar-refractivity contribution in [2.24, 2.45) is 0 Å². The minimum Gasteiger partial charge on any atom is -0.497 e. The number of piperazine rings is 1. The number of nitrogens with one attached hydrogen (secondary N) is 1. The fourth-order valence-corrected chi connectivity index (χ4v) is 3.16. The third kappa shape index (κ3) is 4.54. The Labute approximate surface area is 157 Å². The number of nitrogens with zero attached hydrogens (tertiary/aromatic N) is 2. The van der Waals surface area contributed by atoms with Gasteiger partial charge in [-0.25, -0.2) is 8.78 Å². The fraction of sp³-hybridized carbons (Fsp3) is 0.350. The summed E-state index contributed by atoms with van der Waals surface area (Å²) in [6.07, 6.45) is 0. The Balaban J connectivity index is 1.56. The molecule has 1 atom stereocenters. The molecule has 1 amide bonds. The monoisotopic (exact) mass is 375 g/mol. The Morgan fingerprint density at radius 3 is 2.37 bits per heavy atom. The predicted molar refractivity (Wildman–Crippen MR) is 101 cm³/mol. The van der Waals surface area contributed by atoms with Gasteiger partial charge in [0.25, 0.3) is 0 Å². The first-order valence-corrected chi connectivity index (χ1v) is 8.87. The van der Waals surface area contributed by atoms with Crippen molar-refractivity contribution in [1.29, 1.82) is 0 Å². The largest absolute Gasteiger partial charge is 0.497 e. The van der Waals surface area contributed by atoms with E-state index in [9.17, 15) is 13.6 Å². The molecule has 1 saturated heterocycles. The standard InChI is InChI=1S/C20H23F2N3O2/c1-14(20(26)23-19-13-15(21)3-8-18(19)22)24-9-11-25(12-10-24)16-4-6-17(27-2)7-5-16/h3-8,13-14H,9-12H2,1-2H3,(H,23,26)/t14-/m0/s1. The van der Waals surface area contributed by atoms with E-state index in [1.807, 2.05) is 29.2 Å². The molecule has 3 rings (SSSR count). The average Bonchev–Trinajstić information content (AvgIpc) is 2.70. The number of ether oxygens (including phenoxy) is 1. The van der Waals surface area contributed by atoms with Crippen molar-refractivity contribution in [1.82, 2.24) is 4.90 Å². The zero-order chi connectivity index (χ0) is 19.4. The number of methoxy groups -OCH3 is 1. The van der Waals surface area contributed by atoms with Crippen LogP contribution in [0.4, 0.5) is 20.2 Å². The van der Waals surface area contributed by atoms with Gasteiger partial charge >= 0.3 is 0 Å². The topological polar surface area (TPSA) is 44.8 Å². The highest BCUT2D eigenvalue weighted by molar-refractivity contribution is 5.94. The van der Waals surface area contributed by atoms with Crippen LogP contribution in [0.25, 0.3) is 0 Å². The number of anilines is 2. The first-order valence-electron chi connectivity index (χ1n) is 8.87. The van der Waals surface area contributed by atoms with Crippen LogP contribution in [0.1, 0.15) is 6.92 Å². The number of carbonyl (C=O) groups is 1. The summed E-state index contributed by atoms with van der Waals surface area (Å²) in [5.74, 6) is -0.779. The molecule has 0 unspecified atom stereocenters. The fourth-order valence-electron chi connectivity index (χ4n) is 3.16. The highest BCUT2D eigenvalue weighted by Gasteiger charge is 2.26. The van der Waals surface area contributed by atoms with Gasteiger partial charge < -0.3 is 15.0 Å². The van der Waals surface area contributed by atoms with Crippen LogP contribution >= 0.6 is 0 Å². The molecule has 1 aliphatic heterocycles. The van der Waals surface area contributed by atoms with Gasteiger partial charge in [-0.3, -0.25) is 9.69 Å². The molecule has 27 heavy (non-hydrogen) atoms. The van der Waals surface area contributed by atoms with Crippen LogP contribution in [0.15, 0.2) is 42.5 Å². The third-order valence-corrected chi connectivity index (χ3v) is 4.87. The van der Waals surface area contributed by atoms with Crippen molar-refractivity contribution in [3.05, 3.63) is 54.1 Å². The van der Waals surface area contributed by atoms with Crippen molar-refractivity contribution in [2.45, 2.75) is 13.0 Å². The molecular weight excluding hydrogens is 352 g/mol. The Kier molecular flexibility index (Phi) is 5.91. The molecule has 1 N–H and O–H groups in total. The summed E-state index contributed by atoms with van der Waals surface area (Å²) in [5, 5.41) is 2.48. The van der Waals surface area contributed by atoms with Crippen LogP contribution in [-0.4, -0.2) is 50.1 Å². The van der Waals surface area contributed by atoms with Crippen LogP contribution in [0, 0.1) is 11.6 Å². The van der Waals surface area contributed by atoms with Gasteiger partial charge in [0.1, 0.15) is 17.4 Å². The van der Waals surface area contributed by atoms with Crippen LogP contribution in [-0.2, 0) is 4.79 Å². The SMILES string of the molecule is COc1ccc(N2CCN([C@@H](C)C(=O)Nc3cc(F)ccc3F)CC2)cc1. The van der Waals surface area contributed by atoms with E-state index in [2.05, 4.69) is 10.2 Å². The third-order valence-electron chi connectivity index (χ3n) is 4.87. The maximum Gasteiger partial charge on any atom is 0.241 e. The van der Waals surface area contributed by atoms with Crippen LogP contribution < -0.4 is 15.0 Å². The summed E-state index contributed by atoms with van der Waals surface area (Å²) in [6.45, 7) is 4.73. The molecule has 1 aliphatic rings. The quantitative estimate of drug-likeness (QED) is 0.872. The first-order chi connectivity index (χ1) is 13.0. The summed E-state index contributed by atoms with van der Waals surface area (Å²) < 4.78 is 32.2. The predicted octanol–water partition coefficient (Wildman–Crippen LogP) is 3.12. The molecule has 0 spiro atoms. The van der Waals surface area contributed by atoms with Crippen molar-refractivity contribution >= 4 is 17.3 Å². The number of hydrogen-bond acceptors (Lipinski definition) is 4. The number of carbonyl (C=O) groups excluding carboxylic acids is 1. The minimum absolute atomic E-state index is 0.135. The Morgan fingerprint density at radius 2 is 1.74 bits per heavy atom. The lowest BCUT2D eigenvalue weighted by Crippen LogP contribution is -2.52. The van der Waals surface area contributed by atoms with Crippen molar-refractivity contribution in [2.75, 3.05) is 43.5 Å². The summed E-state index contributed by atoms with van der Waals surface area (Å²) >= 11 is 0. The molecule has 2 aromatic rings. The van der Waals surface area contributed by atoms with Crippen molar-refractivity contribution in [3.8, 4) is 5.75 Å². The normalized spacial score (nSPS) is 16.1. The molecule has 7 heteroatoms. The highest BCUT2D eigenvalue weighted by Crippen LogP contribution is 2.21. The molecule has 2 aromatic carbocycles. The van der Waals surface area contributed by atoms with Gasteiger partial charge in [0.05, 0.1) is 18.8 Å². The molecular formula is C20H23F2N3O2. The van der Waals surface area contributed by atoms with Crippen molar-refractivity contribution in [3.63, 3.8) is 0 Å². The van der Waals surface area contributed by atoms with E-state index in [1.165, 1.54) is 0 Å². The second-order valence-electron chi connectivity index (χ2n) is 6.51. The maximum absolute atomic E-state index is 13.7. The van der Waals surface area contributed by atoms with Gasteiger partial charge in [0.2, 0.25) is 5.91 Å². The molecule has 0 aliphatic carbocycles. The lowest BCUT2D eigenvalue weighted by atomic mass is 10.2. The van der Waals surface area contributed by atoms with Crippen molar-refractivity contribution < 1.29 is 18.3 Å². The van der Waals surface area contributed by atoms with E-state index in [4.69, 9.17) is 4.74 Å². The lowest BCUT2D eigenvalue weighted by molar-refractivity contribution is -0.120. The summed E-state index contributed by atoms with van der Waals surface area (Å²) in [4.78, 5) is 16.7. The van der Waals surface area contributed by atoms with Gasteiger partial charge in [-0.1, -0.05) is 0 Å². The molecule has 5 nitrogen and oxygen atoms in total. The van der Waals surface area contributed by atoms with E-state index < -0.39 is 17.7 Å². The molecule has 0 aromatic heterocycles. The first kappa shape index (κ1) is 19.1. The number of hydrogen-bond donors (Lipinski definition) is 1. The zero-order valence-corrected chi connectivity index (χ0v) is 15.4.